The summed E-state index contributed by atoms with van der Waals surface area (Å²) in [6.07, 6.45) is 5.18. The summed E-state index contributed by atoms with van der Waals surface area (Å²) >= 11 is 0. The van der Waals surface area contributed by atoms with Crippen molar-refractivity contribution in [2.75, 3.05) is 17.6 Å². The highest BCUT2D eigenvalue weighted by Crippen LogP contribution is 2.30. The van der Waals surface area contributed by atoms with E-state index in [-0.39, 0.29) is 6.04 Å². The van der Waals surface area contributed by atoms with Crippen LogP contribution in [-0.4, -0.2) is 27.0 Å². The predicted octanol–water partition coefficient (Wildman–Crippen LogP) is 2.46. The Balaban J connectivity index is 2.10. The second-order valence-electron chi connectivity index (χ2n) is 6.02. The minimum Gasteiger partial charge on any atom is -0.394 e. The maximum atomic E-state index is 10.5. The molecule has 0 atom stereocenters. The van der Waals surface area contributed by atoms with Gasteiger partial charge >= 0.3 is 0 Å². The Morgan fingerprint density at radius 3 is 2.58 bits per heavy atom. The van der Waals surface area contributed by atoms with Crippen molar-refractivity contribution in [1.29, 1.82) is 0 Å². The molecule has 1 aromatic heterocycles. The zero-order valence-corrected chi connectivity index (χ0v) is 12.2. The van der Waals surface area contributed by atoms with E-state index in [0.29, 0.717) is 12.2 Å². The molecule has 5 nitrogen and oxygen atoms in total. The molecular weight excluding hydrogens is 240 g/mol. The molecule has 2 rings (SSSR count). The van der Waals surface area contributed by atoms with Gasteiger partial charge in [-0.2, -0.15) is 5.10 Å². The third-order valence-corrected chi connectivity index (χ3v) is 3.99. The van der Waals surface area contributed by atoms with E-state index in [1.807, 2.05) is 11.6 Å². The number of anilines is 2. The van der Waals surface area contributed by atoms with Crippen molar-refractivity contribution in [2.45, 2.75) is 64.5 Å². The van der Waals surface area contributed by atoms with Crippen molar-refractivity contribution in [3.05, 3.63) is 5.69 Å². The van der Waals surface area contributed by atoms with E-state index in [2.05, 4.69) is 24.3 Å². The van der Waals surface area contributed by atoms with Crippen LogP contribution >= 0.6 is 0 Å². The molecule has 19 heavy (non-hydrogen) atoms. The molecule has 0 bridgehead atoms. The van der Waals surface area contributed by atoms with Crippen molar-refractivity contribution in [3.63, 3.8) is 0 Å². The van der Waals surface area contributed by atoms with Crippen LogP contribution in [0, 0.1) is 6.92 Å². The first-order valence-corrected chi connectivity index (χ1v) is 7.24. The van der Waals surface area contributed by atoms with Gasteiger partial charge < -0.3 is 16.2 Å². The molecule has 1 heterocycles. The van der Waals surface area contributed by atoms with E-state index >= 15 is 0 Å². The first kappa shape index (κ1) is 14.2. The lowest BCUT2D eigenvalue weighted by Crippen LogP contribution is -2.39. The van der Waals surface area contributed by atoms with Gasteiger partial charge in [-0.05, 0) is 33.6 Å². The second-order valence-corrected chi connectivity index (χ2v) is 6.02. The number of nitrogens with two attached hydrogens (primary N) is 1. The molecule has 0 unspecified atom stereocenters. The van der Waals surface area contributed by atoms with Crippen LogP contribution in [0.5, 0.6) is 0 Å². The van der Waals surface area contributed by atoms with Gasteiger partial charge in [-0.3, -0.25) is 0 Å². The van der Waals surface area contributed by atoms with Gasteiger partial charge in [0.05, 0.1) is 17.0 Å². The van der Waals surface area contributed by atoms with Crippen LogP contribution in [0.4, 0.5) is 11.5 Å². The number of aryl methyl sites for hydroxylation is 1. The average Bonchev–Trinajstić information content (AvgIpc) is 2.65. The molecule has 0 amide bonds. The lowest BCUT2D eigenvalue weighted by atomic mass is 9.85. The molecule has 1 aliphatic rings. The van der Waals surface area contributed by atoms with Gasteiger partial charge in [0.2, 0.25) is 0 Å². The fourth-order valence-corrected chi connectivity index (χ4v) is 2.75. The summed E-state index contributed by atoms with van der Waals surface area (Å²) in [7, 11) is 0. The van der Waals surface area contributed by atoms with Gasteiger partial charge in [-0.15, -0.1) is 0 Å². The predicted molar refractivity (Wildman–Crippen MR) is 78.3 cm³/mol. The summed E-state index contributed by atoms with van der Waals surface area (Å²) in [5.41, 5.74) is 7.01. The summed E-state index contributed by atoms with van der Waals surface area (Å²) < 4.78 is 1.90. The topological polar surface area (TPSA) is 76.1 Å². The third-order valence-electron chi connectivity index (χ3n) is 3.99. The number of rotatable bonds is 4. The van der Waals surface area contributed by atoms with E-state index in [0.717, 1.165) is 37.2 Å². The number of aromatic nitrogens is 2. The van der Waals surface area contributed by atoms with Crippen molar-refractivity contribution >= 4 is 11.5 Å². The van der Waals surface area contributed by atoms with E-state index in [1.165, 1.54) is 6.42 Å². The molecule has 0 aliphatic heterocycles. The highest BCUT2D eigenvalue weighted by Gasteiger charge is 2.29. The van der Waals surface area contributed by atoms with Crippen LogP contribution in [-0.2, 0) is 0 Å². The van der Waals surface area contributed by atoms with Gasteiger partial charge in [0.1, 0.15) is 5.82 Å². The van der Waals surface area contributed by atoms with Gasteiger partial charge in [0.25, 0.3) is 0 Å². The summed E-state index contributed by atoms with van der Waals surface area (Å²) in [4.78, 5) is 0. The summed E-state index contributed by atoms with van der Waals surface area (Å²) in [6, 6.07) is 0.250. The van der Waals surface area contributed by atoms with E-state index < -0.39 is 5.60 Å². The van der Waals surface area contributed by atoms with Gasteiger partial charge in [0, 0.05) is 12.6 Å². The molecule has 0 aromatic carbocycles. The van der Waals surface area contributed by atoms with Gasteiger partial charge in [0.15, 0.2) is 0 Å². The Morgan fingerprint density at radius 2 is 2.00 bits per heavy atom. The summed E-state index contributed by atoms with van der Waals surface area (Å²) in [5.74, 6) is 0.839. The monoisotopic (exact) mass is 266 g/mol. The number of nitrogens with zero attached hydrogens (tertiary/aromatic N) is 2. The van der Waals surface area contributed by atoms with Crippen LogP contribution in [0.2, 0.25) is 0 Å². The van der Waals surface area contributed by atoms with Crippen molar-refractivity contribution < 1.29 is 5.11 Å². The minimum atomic E-state index is -0.593. The molecule has 1 aliphatic carbocycles. The minimum absolute atomic E-state index is 0.250. The number of aliphatic hydroxyl groups is 1. The first-order valence-electron chi connectivity index (χ1n) is 7.24. The Kier molecular flexibility index (Phi) is 4.04. The fourth-order valence-electron chi connectivity index (χ4n) is 2.75. The van der Waals surface area contributed by atoms with Gasteiger partial charge in [-0.25, -0.2) is 4.68 Å². The molecule has 4 N–H and O–H groups in total. The lowest BCUT2D eigenvalue weighted by Gasteiger charge is -2.32. The zero-order chi connectivity index (χ0) is 14.0. The third kappa shape index (κ3) is 3.03. The molecule has 0 radical (unpaired) electrons. The molecule has 1 fully saturated rings. The first-order chi connectivity index (χ1) is 8.93. The highest BCUT2D eigenvalue weighted by atomic mass is 16.3. The van der Waals surface area contributed by atoms with Crippen LogP contribution in [0.25, 0.3) is 0 Å². The van der Waals surface area contributed by atoms with Crippen molar-refractivity contribution in [2.24, 2.45) is 0 Å². The maximum absolute atomic E-state index is 10.5. The number of nitrogens with one attached hydrogen (secondary N) is 1. The van der Waals surface area contributed by atoms with E-state index in [4.69, 9.17) is 5.73 Å². The van der Waals surface area contributed by atoms with E-state index in [1.54, 1.807) is 0 Å². The average molecular weight is 266 g/mol. The van der Waals surface area contributed by atoms with Crippen LogP contribution < -0.4 is 11.1 Å². The SMILES string of the molecule is Cc1nn(C(C)C)c(NCC2(O)CCCCC2)c1N. The second kappa shape index (κ2) is 5.41. The summed E-state index contributed by atoms with van der Waals surface area (Å²) in [6.45, 7) is 6.61. The quantitative estimate of drug-likeness (QED) is 0.782. The standard InChI is InChI=1S/C14H26N4O/c1-10(2)18-13(12(15)11(3)17-18)16-9-14(19)7-5-4-6-8-14/h10,16,19H,4-9,15H2,1-3H3. The van der Waals surface area contributed by atoms with Crippen LogP contribution in [0.15, 0.2) is 0 Å². The van der Waals surface area contributed by atoms with Crippen LogP contribution in [0.3, 0.4) is 0 Å². The Morgan fingerprint density at radius 1 is 1.37 bits per heavy atom. The number of nitrogen functional groups attached to an aromatic ring is 1. The number of hydrogen-bond acceptors (Lipinski definition) is 4. The molecule has 0 saturated heterocycles. The lowest BCUT2D eigenvalue weighted by molar-refractivity contribution is 0.0166. The molecule has 108 valence electrons. The smallest absolute Gasteiger partial charge is 0.148 e. The zero-order valence-electron chi connectivity index (χ0n) is 12.2. The normalized spacial score (nSPS) is 18.8. The van der Waals surface area contributed by atoms with Gasteiger partial charge in [-0.1, -0.05) is 19.3 Å². The summed E-state index contributed by atoms with van der Waals surface area (Å²) in [5, 5.41) is 18.3. The Labute approximate surface area is 115 Å². The molecule has 1 aromatic rings. The number of hydrogen-bond donors (Lipinski definition) is 3. The van der Waals surface area contributed by atoms with Crippen molar-refractivity contribution in [1.82, 2.24) is 9.78 Å². The highest BCUT2D eigenvalue weighted by molar-refractivity contribution is 5.65. The molecule has 5 heteroatoms. The molecule has 0 spiro atoms. The maximum Gasteiger partial charge on any atom is 0.148 e. The van der Waals surface area contributed by atoms with Crippen LogP contribution in [0.1, 0.15) is 57.7 Å². The van der Waals surface area contributed by atoms with E-state index in [9.17, 15) is 5.11 Å². The largest absolute Gasteiger partial charge is 0.394 e. The Bertz CT molecular complexity index is 433. The molecule has 1 saturated carbocycles. The fraction of sp³-hybridized carbons (Fsp3) is 0.786. The molecular formula is C14H26N4O. The Hall–Kier alpha value is -1.23. The van der Waals surface area contributed by atoms with Crippen molar-refractivity contribution in [3.8, 4) is 0 Å².